The zero-order valence-electron chi connectivity index (χ0n) is 21.3. The fourth-order valence-corrected chi connectivity index (χ4v) is 5.02. The van der Waals surface area contributed by atoms with Crippen LogP contribution in [0.2, 0.25) is 0 Å². The van der Waals surface area contributed by atoms with Crippen LogP contribution in [0.25, 0.3) is 11.3 Å². The molecule has 3 N–H and O–H groups in total. The second-order valence-electron chi connectivity index (χ2n) is 9.71. The summed E-state index contributed by atoms with van der Waals surface area (Å²) in [6, 6.07) is 11.3. The lowest BCUT2D eigenvalue weighted by molar-refractivity contribution is 0.255. The molecule has 2 aliphatic rings. The number of nitrogens with two attached hydrogens (primary N) is 1. The molecule has 2 aliphatic heterocycles. The topological polar surface area (TPSA) is 108 Å². The van der Waals surface area contributed by atoms with Crippen LogP contribution in [0.4, 0.5) is 17.3 Å². The Morgan fingerprint density at radius 1 is 1.03 bits per heavy atom. The number of piperidine rings is 1. The monoisotopic (exact) mass is 498 g/mol. The summed E-state index contributed by atoms with van der Waals surface area (Å²) in [6.07, 6.45) is 6.56. The lowest BCUT2D eigenvalue weighted by Crippen LogP contribution is -2.35. The van der Waals surface area contributed by atoms with Gasteiger partial charge < -0.3 is 20.6 Å². The maximum absolute atomic E-state index is 10.3. The largest absolute Gasteiger partial charge is 0.507 e. The third kappa shape index (κ3) is 5.92. The number of likely N-dealkylation sites (tertiary alicyclic amines) is 1. The fourth-order valence-electron chi connectivity index (χ4n) is 5.02. The van der Waals surface area contributed by atoms with Crippen molar-refractivity contribution >= 4 is 17.3 Å². The molecule has 2 saturated heterocycles. The summed E-state index contributed by atoms with van der Waals surface area (Å²) < 4.78 is 0. The molecule has 0 spiro atoms. The highest BCUT2D eigenvalue weighted by Gasteiger charge is 2.24. The number of nitrogens with zero attached hydrogens (tertiary/aromatic N) is 7. The van der Waals surface area contributed by atoms with Crippen LogP contribution in [-0.2, 0) is 0 Å². The molecule has 9 nitrogen and oxygen atoms in total. The van der Waals surface area contributed by atoms with Crippen molar-refractivity contribution < 1.29 is 5.11 Å². The molecule has 2 fully saturated rings. The molecule has 1 aromatic carbocycles. The Hall–Kier alpha value is -3.90. The van der Waals surface area contributed by atoms with Crippen molar-refractivity contribution in [2.75, 3.05) is 54.8 Å². The van der Waals surface area contributed by atoms with E-state index in [1.807, 2.05) is 24.3 Å². The standard InChI is InChI=1S/C28H34N8O/c1-21-12-17-35(24-20-23(32-33-28(24)29)22-8-3-4-9-25(22)37)18-19-36(21)27-11-13-30-26(31-27)10-7-16-34-14-5-2-6-15-34/h3-4,8-9,11,13,20-21,37H,2,5-6,12,14-19H2,1H3,(H2,29,33). The average Bonchev–Trinajstić information content (AvgIpc) is 3.12. The number of nitrogen functional groups attached to an aromatic ring is 1. The second kappa shape index (κ2) is 11.4. The minimum absolute atomic E-state index is 0.168. The van der Waals surface area contributed by atoms with Gasteiger partial charge in [-0.25, -0.2) is 9.97 Å². The number of aromatic hydroxyl groups is 1. The van der Waals surface area contributed by atoms with Crippen molar-refractivity contribution in [3.63, 3.8) is 0 Å². The predicted molar refractivity (Wildman–Crippen MR) is 146 cm³/mol. The van der Waals surface area contributed by atoms with Gasteiger partial charge in [0.05, 0.1) is 17.9 Å². The number of phenolic OH excluding ortho intramolecular Hbond substituents is 1. The van der Waals surface area contributed by atoms with E-state index in [9.17, 15) is 5.11 Å². The zero-order valence-corrected chi connectivity index (χ0v) is 21.3. The first-order chi connectivity index (χ1) is 18.1. The summed E-state index contributed by atoms with van der Waals surface area (Å²) in [5.74, 6) is 8.44. The minimum Gasteiger partial charge on any atom is -0.507 e. The molecule has 1 atom stereocenters. The Bertz CT molecular complexity index is 1280. The lowest BCUT2D eigenvalue weighted by Gasteiger charge is -2.28. The van der Waals surface area contributed by atoms with E-state index < -0.39 is 0 Å². The van der Waals surface area contributed by atoms with Crippen molar-refractivity contribution in [2.24, 2.45) is 0 Å². The Kier molecular flexibility index (Phi) is 7.66. The van der Waals surface area contributed by atoms with E-state index in [0.717, 1.165) is 57.2 Å². The first-order valence-electron chi connectivity index (χ1n) is 13.1. The maximum Gasteiger partial charge on any atom is 0.206 e. The summed E-state index contributed by atoms with van der Waals surface area (Å²) >= 11 is 0. The number of rotatable bonds is 4. The van der Waals surface area contributed by atoms with Crippen LogP contribution in [0.3, 0.4) is 0 Å². The Balaban J connectivity index is 1.30. The van der Waals surface area contributed by atoms with Crippen LogP contribution in [0.5, 0.6) is 5.75 Å². The van der Waals surface area contributed by atoms with Gasteiger partial charge >= 0.3 is 0 Å². The smallest absolute Gasteiger partial charge is 0.206 e. The van der Waals surface area contributed by atoms with Crippen molar-refractivity contribution in [1.29, 1.82) is 0 Å². The number of aromatic nitrogens is 4. The number of benzene rings is 1. The predicted octanol–water partition coefficient (Wildman–Crippen LogP) is 3.16. The molecule has 2 aromatic heterocycles. The summed E-state index contributed by atoms with van der Waals surface area (Å²) in [5, 5.41) is 18.7. The molecular weight excluding hydrogens is 464 g/mol. The molecule has 192 valence electrons. The molecule has 0 aliphatic carbocycles. The van der Waals surface area contributed by atoms with Crippen molar-refractivity contribution in [3.8, 4) is 28.8 Å². The van der Waals surface area contributed by atoms with Gasteiger partial charge in [0.15, 0.2) is 5.82 Å². The Morgan fingerprint density at radius 3 is 2.70 bits per heavy atom. The summed E-state index contributed by atoms with van der Waals surface area (Å²) in [7, 11) is 0. The molecule has 3 aromatic rings. The van der Waals surface area contributed by atoms with Gasteiger partial charge in [-0.2, -0.15) is 0 Å². The van der Waals surface area contributed by atoms with E-state index >= 15 is 0 Å². The third-order valence-corrected chi connectivity index (χ3v) is 7.17. The van der Waals surface area contributed by atoms with E-state index in [2.05, 4.69) is 48.6 Å². The third-order valence-electron chi connectivity index (χ3n) is 7.17. The van der Waals surface area contributed by atoms with Crippen LogP contribution in [-0.4, -0.2) is 75.5 Å². The molecule has 5 rings (SSSR count). The number of para-hydroxylation sites is 1. The Morgan fingerprint density at radius 2 is 1.86 bits per heavy atom. The maximum atomic E-state index is 10.3. The van der Waals surface area contributed by atoms with Crippen LogP contribution in [0.15, 0.2) is 42.6 Å². The van der Waals surface area contributed by atoms with Gasteiger partial charge in [-0.3, -0.25) is 4.90 Å². The highest BCUT2D eigenvalue weighted by molar-refractivity contribution is 5.74. The molecule has 0 bridgehead atoms. The van der Waals surface area contributed by atoms with E-state index in [0.29, 0.717) is 22.9 Å². The van der Waals surface area contributed by atoms with E-state index in [1.54, 1.807) is 18.3 Å². The SMILES string of the molecule is CC1CCN(c2cc(-c3ccccc3O)nnc2N)CCN1c1ccnc(C#CCN2CCCCC2)n1. The van der Waals surface area contributed by atoms with Gasteiger partial charge in [0.2, 0.25) is 5.82 Å². The van der Waals surface area contributed by atoms with E-state index in [1.165, 1.54) is 19.3 Å². The van der Waals surface area contributed by atoms with Crippen LogP contribution in [0.1, 0.15) is 38.4 Å². The summed E-state index contributed by atoms with van der Waals surface area (Å²) in [6.45, 7) is 7.59. The molecule has 4 heterocycles. The van der Waals surface area contributed by atoms with Gasteiger partial charge in [0, 0.05) is 37.4 Å². The molecule has 1 unspecified atom stereocenters. The molecule has 0 amide bonds. The average molecular weight is 499 g/mol. The van der Waals surface area contributed by atoms with Crippen molar-refractivity contribution in [1.82, 2.24) is 25.1 Å². The first-order valence-corrected chi connectivity index (χ1v) is 13.1. The lowest BCUT2D eigenvalue weighted by atomic mass is 10.1. The normalized spacial score (nSPS) is 18.7. The molecule has 0 radical (unpaired) electrons. The van der Waals surface area contributed by atoms with Crippen molar-refractivity contribution in [2.45, 2.75) is 38.6 Å². The van der Waals surface area contributed by atoms with Crippen molar-refractivity contribution in [3.05, 3.63) is 48.4 Å². The van der Waals surface area contributed by atoms with E-state index in [4.69, 9.17) is 10.7 Å². The molecular formula is C28H34N8O. The number of anilines is 3. The van der Waals surface area contributed by atoms with Gasteiger partial charge in [0.25, 0.3) is 0 Å². The fraction of sp³-hybridized carbons (Fsp3) is 0.429. The van der Waals surface area contributed by atoms with Crippen LogP contribution in [0, 0.1) is 11.8 Å². The quantitative estimate of drug-likeness (QED) is 0.525. The van der Waals surface area contributed by atoms with Crippen LogP contribution >= 0.6 is 0 Å². The highest BCUT2D eigenvalue weighted by Crippen LogP contribution is 2.32. The Labute approximate surface area is 218 Å². The minimum atomic E-state index is 0.168. The number of hydrogen-bond donors (Lipinski definition) is 2. The highest BCUT2D eigenvalue weighted by atomic mass is 16.3. The number of phenols is 1. The summed E-state index contributed by atoms with van der Waals surface area (Å²) in [4.78, 5) is 16.1. The van der Waals surface area contributed by atoms with Gasteiger partial charge in [0.1, 0.15) is 11.6 Å². The molecule has 37 heavy (non-hydrogen) atoms. The molecule has 9 heteroatoms. The molecule has 0 saturated carbocycles. The summed E-state index contributed by atoms with van der Waals surface area (Å²) in [5.41, 5.74) is 8.32. The van der Waals surface area contributed by atoms with Gasteiger partial charge in [-0.1, -0.05) is 24.5 Å². The zero-order chi connectivity index (χ0) is 25.6. The number of hydrogen-bond acceptors (Lipinski definition) is 9. The van der Waals surface area contributed by atoms with Crippen LogP contribution < -0.4 is 15.5 Å². The first kappa shape index (κ1) is 24.8. The van der Waals surface area contributed by atoms with E-state index in [-0.39, 0.29) is 11.8 Å². The second-order valence-corrected chi connectivity index (χ2v) is 9.71. The van der Waals surface area contributed by atoms with Gasteiger partial charge in [-0.05, 0) is 69.5 Å². The van der Waals surface area contributed by atoms with Gasteiger partial charge in [-0.15, -0.1) is 10.2 Å².